The number of alkyl halides is 3. The smallest absolute Gasteiger partial charge is 0.319 e. The molecule has 0 atom stereocenters. The molecule has 1 amide bonds. The molecule has 0 radical (unpaired) electrons. The van der Waals surface area contributed by atoms with E-state index in [0.29, 0.717) is 14.6 Å². The van der Waals surface area contributed by atoms with E-state index in [-0.39, 0.29) is 11.1 Å². The molecule has 0 aliphatic rings. The summed E-state index contributed by atoms with van der Waals surface area (Å²) in [6, 6.07) is 9.68. The molecule has 2 aromatic rings. The Morgan fingerprint density at radius 1 is 1.19 bits per heavy atom. The first-order valence-electron chi connectivity index (χ1n) is 7.18. The van der Waals surface area contributed by atoms with Gasteiger partial charge in [0, 0.05) is 8.95 Å². The van der Waals surface area contributed by atoms with Crippen LogP contribution in [0.2, 0.25) is 0 Å². The number of halogens is 5. The molecule has 0 spiro atoms. The van der Waals surface area contributed by atoms with Crippen molar-refractivity contribution >= 4 is 49.5 Å². The lowest BCUT2D eigenvalue weighted by Crippen LogP contribution is -2.14. The molecule has 0 bridgehead atoms. The molecule has 3 nitrogen and oxygen atoms in total. The minimum Gasteiger partial charge on any atom is -0.319 e. The van der Waals surface area contributed by atoms with Crippen LogP contribution < -0.4 is 5.32 Å². The minimum absolute atomic E-state index is 0.105. The number of aryl methyl sites for hydroxylation is 1. The van der Waals surface area contributed by atoms with Crippen LogP contribution in [-0.4, -0.2) is 5.91 Å². The summed E-state index contributed by atoms with van der Waals surface area (Å²) in [5, 5.41) is 11.8. The molecule has 134 valence electrons. The third kappa shape index (κ3) is 4.96. The van der Waals surface area contributed by atoms with E-state index in [2.05, 4.69) is 37.2 Å². The fourth-order valence-electron chi connectivity index (χ4n) is 2.12. The van der Waals surface area contributed by atoms with Crippen LogP contribution in [0, 0.1) is 18.3 Å². The first kappa shape index (κ1) is 20.2. The number of carbonyl (C=O) groups is 1. The molecule has 0 unspecified atom stereocenters. The Bertz CT molecular complexity index is 908. The van der Waals surface area contributed by atoms with Gasteiger partial charge in [0.2, 0.25) is 0 Å². The van der Waals surface area contributed by atoms with E-state index in [9.17, 15) is 23.2 Å². The number of nitrogens with zero attached hydrogens (tertiary/aromatic N) is 1. The zero-order chi connectivity index (χ0) is 19.5. The quantitative estimate of drug-likeness (QED) is 0.421. The highest BCUT2D eigenvalue weighted by atomic mass is 79.9. The summed E-state index contributed by atoms with van der Waals surface area (Å²) in [5.74, 6) is -0.727. The summed E-state index contributed by atoms with van der Waals surface area (Å²) < 4.78 is 39.5. The molecule has 0 aliphatic heterocycles. The molecule has 0 saturated heterocycles. The van der Waals surface area contributed by atoms with E-state index in [4.69, 9.17) is 0 Å². The zero-order valence-electron chi connectivity index (χ0n) is 13.3. The Balaban J connectivity index is 2.33. The molecule has 2 rings (SSSR count). The topological polar surface area (TPSA) is 52.9 Å². The number of carbonyl (C=O) groups excluding carboxylic acids is 1. The summed E-state index contributed by atoms with van der Waals surface area (Å²) in [6.07, 6.45) is -3.39. The highest BCUT2D eigenvalue weighted by Crippen LogP contribution is 2.33. The molecule has 8 heteroatoms. The van der Waals surface area contributed by atoms with Crippen molar-refractivity contribution in [3.63, 3.8) is 0 Å². The summed E-state index contributed by atoms with van der Waals surface area (Å²) >= 11 is 6.65. The van der Waals surface area contributed by atoms with Crippen LogP contribution in [0.15, 0.2) is 50.9 Å². The Labute approximate surface area is 164 Å². The molecule has 0 heterocycles. The van der Waals surface area contributed by atoms with Crippen molar-refractivity contribution in [2.24, 2.45) is 0 Å². The predicted molar refractivity (Wildman–Crippen MR) is 100 cm³/mol. The lowest BCUT2D eigenvalue weighted by atomic mass is 10.1. The molecule has 26 heavy (non-hydrogen) atoms. The Hall–Kier alpha value is -2.11. The van der Waals surface area contributed by atoms with Crippen LogP contribution in [0.5, 0.6) is 0 Å². The molecule has 0 aromatic heterocycles. The van der Waals surface area contributed by atoms with Crippen molar-refractivity contribution in [2.45, 2.75) is 13.1 Å². The number of nitrogens with one attached hydrogen (secondary N) is 1. The van der Waals surface area contributed by atoms with E-state index in [0.717, 1.165) is 23.8 Å². The lowest BCUT2D eigenvalue weighted by Gasteiger charge is -2.10. The van der Waals surface area contributed by atoms with E-state index in [1.807, 2.05) is 6.92 Å². The average Bonchev–Trinajstić information content (AvgIpc) is 2.55. The highest BCUT2D eigenvalue weighted by Gasteiger charge is 2.30. The predicted octanol–water partition coefficient (Wildman–Crippen LogP) is 6.08. The average molecular weight is 488 g/mol. The molecule has 0 aliphatic carbocycles. The van der Waals surface area contributed by atoms with Crippen molar-refractivity contribution in [3.8, 4) is 6.07 Å². The molecule has 2 aromatic carbocycles. The van der Waals surface area contributed by atoms with Gasteiger partial charge in [-0.15, -0.1) is 0 Å². The van der Waals surface area contributed by atoms with Crippen LogP contribution >= 0.6 is 31.9 Å². The van der Waals surface area contributed by atoms with Gasteiger partial charge in [-0.2, -0.15) is 18.4 Å². The SMILES string of the molecule is Cc1cc(Br)c(NC(=O)/C(C#N)=C/c2cccc(C(F)(F)F)c2)c(Br)c1. The van der Waals surface area contributed by atoms with E-state index in [1.165, 1.54) is 12.1 Å². The number of hydrogen-bond donors (Lipinski definition) is 1. The minimum atomic E-state index is -4.50. The van der Waals surface area contributed by atoms with Crippen molar-refractivity contribution in [1.29, 1.82) is 5.26 Å². The number of amides is 1. The number of hydrogen-bond acceptors (Lipinski definition) is 2. The Morgan fingerprint density at radius 2 is 1.81 bits per heavy atom. The highest BCUT2D eigenvalue weighted by molar-refractivity contribution is 9.11. The maximum absolute atomic E-state index is 12.8. The van der Waals surface area contributed by atoms with Crippen molar-refractivity contribution in [3.05, 3.63) is 67.6 Å². The number of anilines is 1. The molecule has 0 saturated carbocycles. The number of benzene rings is 2. The molecule has 0 fully saturated rings. The van der Waals surface area contributed by atoms with Gasteiger partial charge >= 0.3 is 6.18 Å². The van der Waals surface area contributed by atoms with Gasteiger partial charge in [-0.05, 0) is 80.3 Å². The third-order valence-electron chi connectivity index (χ3n) is 3.32. The van der Waals surface area contributed by atoms with E-state index < -0.39 is 17.6 Å². The van der Waals surface area contributed by atoms with Crippen molar-refractivity contribution in [2.75, 3.05) is 5.32 Å². The van der Waals surface area contributed by atoms with Gasteiger partial charge in [0.15, 0.2) is 0 Å². The van der Waals surface area contributed by atoms with Crippen molar-refractivity contribution in [1.82, 2.24) is 0 Å². The molecular formula is C18H11Br2F3N2O. The van der Waals surface area contributed by atoms with E-state index in [1.54, 1.807) is 18.2 Å². The van der Waals surface area contributed by atoms with Crippen LogP contribution in [-0.2, 0) is 11.0 Å². The second kappa shape index (κ2) is 8.06. The molecule has 1 N–H and O–H groups in total. The van der Waals surface area contributed by atoms with Gasteiger partial charge in [0.25, 0.3) is 5.91 Å². The maximum atomic E-state index is 12.8. The standard InChI is InChI=1S/C18H11Br2F3N2O/c1-10-5-14(19)16(15(20)6-10)25-17(26)12(9-24)7-11-3-2-4-13(8-11)18(21,22)23/h2-8H,1H3,(H,25,26)/b12-7+. The first-order valence-corrected chi connectivity index (χ1v) is 8.76. The van der Waals surface area contributed by atoms with Gasteiger partial charge in [0.05, 0.1) is 11.3 Å². The second-order valence-electron chi connectivity index (χ2n) is 5.35. The van der Waals surface area contributed by atoms with Crippen LogP contribution in [0.3, 0.4) is 0 Å². The second-order valence-corrected chi connectivity index (χ2v) is 7.06. The number of rotatable bonds is 3. The van der Waals surface area contributed by atoms with Crippen LogP contribution in [0.4, 0.5) is 18.9 Å². The van der Waals surface area contributed by atoms with Gasteiger partial charge in [-0.1, -0.05) is 12.1 Å². The summed E-state index contributed by atoms with van der Waals surface area (Å²) in [6.45, 7) is 1.87. The van der Waals surface area contributed by atoms with Crippen LogP contribution in [0.1, 0.15) is 16.7 Å². The van der Waals surface area contributed by atoms with Crippen LogP contribution in [0.25, 0.3) is 6.08 Å². The largest absolute Gasteiger partial charge is 0.416 e. The zero-order valence-corrected chi connectivity index (χ0v) is 16.5. The maximum Gasteiger partial charge on any atom is 0.416 e. The van der Waals surface area contributed by atoms with Crippen molar-refractivity contribution < 1.29 is 18.0 Å². The number of nitriles is 1. The van der Waals surface area contributed by atoms with Gasteiger partial charge in [0.1, 0.15) is 11.6 Å². The Morgan fingerprint density at radius 3 is 2.35 bits per heavy atom. The van der Waals surface area contributed by atoms with Gasteiger partial charge < -0.3 is 5.32 Å². The Kier molecular flexibility index (Phi) is 6.26. The third-order valence-corrected chi connectivity index (χ3v) is 4.57. The van der Waals surface area contributed by atoms with Gasteiger partial charge in [-0.25, -0.2) is 0 Å². The monoisotopic (exact) mass is 486 g/mol. The summed E-state index contributed by atoms with van der Waals surface area (Å²) in [4.78, 5) is 12.4. The normalized spacial score (nSPS) is 11.8. The molecular weight excluding hydrogens is 477 g/mol. The fraction of sp³-hybridized carbons (Fsp3) is 0.111. The lowest BCUT2D eigenvalue weighted by molar-refractivity contribution is -0.137. The van der Waals surface area contributed by atoms with Gasteiger partial charge in [-0.3, -0.25) is 4.79 Å². The summed E-state index contributed by atoms with van der Waals surface area (Å²) in [5.41, 5.74) is 0.304. The first-order chi connectivity index (χ1) is 12.1. The summed E-state index contributed by atoms with van der Waals surface area (Å²) in [7, 11) is 0. The fourth-order valence-corrected chi connectivity index (χ4v) is 3.73. The van der Waals surface area contributed by atoms with E-state index >= 15 is 0 Å².